The largest absolute Gasteiger partial charge is 0.369 e. The number of hydrogen-bond acceptors (Lipinski definition) is 8. The topological polar surface area (TPSA) is 136 Å². The highest BCUT2D eigenvalue weighted by molar-refractivity contribution is 7.90. The number of nitrogens with one attached hydrogen (secondary N) is 1. The van der Waals surface area contributed by atoms with E-state index in [0.29, 0.717) is 5.69 Å². The summed E-state index contributed by atoms with van der Waals surface area (Å²) in [6.45, 7) is 5.93. The van der Waals surface area contributed by atoms with Crippen LogP contribution >= 0.6 is 0 Å². The van der Waals surface area contributed by atoms with Gasteiger partial charge in [-0.15, -0.1) is 0 Å². The highest BCUT2D eigenvalue weighted by Gasteiger charge is 2.29. The standard InChI is InChI=1S/C40H40N6O6S/c1-29-11-7-10-16-36(29)42(2)40(48)43(3)37-22-21-34(27-38(37)46(49)50)53(51,52)41-39(47)31-17-19-33(20-18-31)45-25-23-44(24-26-45)28-32-14-8-9-15-35(32)30-12-5-4-6-13-30/h4-22,27H,23-26,28H2,1-3H3,(H,41,47). The van der Waals surface area contributed by atoms with Crippen LogP contribution in [0.2, 0.25) is 0 Å². The number of nitro groups is 1. The van der Waals surface area contributed by atoms with Crippen molar-refractivity contribution in [2.75, 3.05) is 55.0 Å². The van der Waals surface area contributed by atoms with Crippen molar-refractivity contribution in [2.24, 2.45) is 0 Å². The number of urea groups is 1. The van der Waals surface area contributed by atoms with Crippen molar-refractivity contribution >= 4 is 44.7 Å². The molecule has 0 radical (unpaired) electrons. The van der Waals surface area contributed by atoms with E-state index in [4.69, 9.17) is 0 Å². The van der Waals surface area contributed by atoms with Crippen molar-refractivity contribution in [2.45, 2.75) is 18.4 Å². The van der Waals surface area contributed by atoms with Gasteiger partial charge in [-0.25, -0.2) is 17.9 Å². The minimum absolute atomic E-state index is 0.112. The smallest absolute Gasteiger partial charge is 0.328 e. The third kappa shape index (κ3) is 8.21. The number of anilines is 3. The number of aryl methyl sites for hydroxylation is 1. The van der Waals surface area contributed by atoms with Gasteiger partial charge in [0.1, 0.15) is 5.69 Å². The molecule has 0 spiro atoms. The lowest BCUT2D eigenvalue weighted by atomic mass is 9.99. The first-order chi connectivity index (χ1) is 25.4. The number of piperazine rings is 1. The molecular formula is C40H40N6O6S. The molecular weight excluding hydrogens is 693 g/mol. The highest BCUT2D eigenvalue weighted by atomic mass is 32.2. The zero-order chi connectivity index (χ0) is 37.7. The third-order valence-electron chi connectivity index (χ3n) is 9.46. The Morgan fingerprint density at radius 1 is 0.774 bits per heavy atom. The van der Waals surface area contributed by atoms with Crippen molar-refractivity contribution in [1.82, 2.24) is 9.62 Å². The second-order valence-electron chi connectivity index (χ2n) is 12.9. The Bertz CT molecular complexity index is 2240. The number of hydrogen-bond donors (Lipinski definition) is 1. The summed E-state index contributed by atoms with van der Waals surface area (Å²) in [7, 11) is -1.60. The number of para-hydroxylation sites is 1. The van der Waals surface area contributed by atoms with Crippen molar-refractivity contribution in [1.29, 1.82) is 0 Å². The molecule has 0 aliphatic carbocycles. The fraction of sp³-hybridized carbons (Fsp3) is 0.200. The summed E-state index contributed by atoms with van der Waals surface area (Å²) in [5.41, 5.74) is 5.43. The molecule has 0 aromatic heterocycles. The molecule has 53 heavy (non-hydrogen) atoms. The van der Waals surface area contributed by atoms with Crippen molar-refractivity contribution in [3.8, 4) is 11.1 Å². The van der Waals surface area contributed by atoms with E-state index in [1.54, 1.807) is 43.4 Å². The van der Waals surface area contributed by atoms with Crippen LogP contribution in [0, 0.1) is 17.0 Å². The summed E-state index contributed by atoms with van der Waals surface area (Å²) >= 11 is 0. The van der Waals surface area contributed by atoms with Gasteiger partial charge in [-0.05, 0) is 71.6 Å². The molecule has 1 saturated heterocycles. The molecule has 6 rings (SSSR count). The van der Waals surface area contributed by atoms with Crippen molar-refractivity contribution in [3.05, 3.63) is 148 Å². The number of nitrogens with zero attached hydrogens (tertiary/aromatic N) is 5. The summed E-state index contributed by atoms with van der Waals surface area (Å²) in [4.78, 5) is 44.2. The second kappa shape index (κ2) is 15.7. The first-order valence-electron chi connectivity index (χ1n) is 17.1. The maximum Gasteiger partial charge on any atom is 0.328 e. The fourth-order valence-electron chi connectivity index (χ4n) is 6.50. The highest BCUT2D eigenvalue weighted by Crippen LogP contribution is 2.32. The van der Waals surface area contributed by atoms with Gasteiger partial charge in [-0.3, -0.25) is 29.6 Å². The average molecular weight is 733 g/mol. The maximum absolute atomic E-state index is 13.3. The lowest BCUT2D eigenvalue weighted by molar-refractivity contribution is -0.384. The summed E-state index contributed by atoms with van der Waals surface area (Å²) < 4.78 is 28.5. The van der Waals surface area contributed by atoms with Gasteiger partial charge in [-0.2, -0.15) is 0 Å². The van der Waals surface area contributed by atoms with Crippen LogP contribution in [0.5, 0.6) is 0 Å². The zero-order valence-corrected chi connectivity index (χ0v) is 30.5. The first kappa shape index (κ1) is 36.7. The van der Waals surface area contributed by atoms with Gasteiger partial charge < -0.3 is 4.90 Å². The van der Waals surface area contributed by atoms with E-state index in [0.717, 1.165) is 61.0 Å². The van der Waals surface area contributed by atoms with Crippen LogP contribution in [0.15, 0.2) is 126 Å². The molecule has 0 bridgehead atoms. The Kier molecular flexibility index (Phi) is 10.9. The normalized spacial score (nSPS) is 13.3. The van der Waals surface area contributed by atoms with E-state index in [9.17, 15) is 28.1 Å². The number of sulfonamides is 1. The predicted octanol–water partition coefficient (Wildman–Crippen LogP) is 6.70. The third-order valence-corrected chi connectivity index (χ3v) is 10.8. The fourth-order valence-corrected chi connectivity index (χ4v) is 7.49. The Balaban J connectivity index is 1.08. The molecule has 272 valence electrons. The number of nitro benzene ring substituents is 1. The molecule has 5 aromatic rings. The van der Waals surface area contributed by atoms with E-state index in [1.165, 1.54) is 34.7 Å². The molecule has 12 nitrogen and oxygen atoms in total. The molecule has 1 heterocycles. The minimum atomic E-state index is -4.51. The van der Waals surface area contributed by atoms with Gasteiger partial charge in [0.05, 0.1) is 9.82 Å². The first-order valence-corrected chi connectivity index (χ1v) is 18.5. The Labute approximate surface area is 309 Å². The van der Waals surface area contributed by atoms with Crippen molar-refractivity contribution < 1.29 is 22.9 Å². The zero-order valence-electron chi connectivity index (χ0n) is 29.7. The number of carbonyl (C=O) groups excluding carboxylic acids is 2. The summed E-state index contributed by atoms with van der Waals surface area (Å²) in [6.07, 6.45) is 0. The van der Waals surface area contributed by atoms with Crippen LogP contribution in [0.4, 0.5) is 27.5 Å². The molecule has 0 unspecified atom stereocenters. The van der Waals surface area contributed by atoms with Crippen LogP contribution in [0.25, 0.3) is 11.1 Å². The van der Waals surface area contributed by atoms with Gasteiger partial charge in [0, 0.05) is 69.8 Å². The van der Waals surface area contributed by atoms with Crippen LogP contribution in [0.3, 0.4) is 0 Å². The molecule has 0 saturated carbocycles. The van der Waals surface area contributed by atoms with Crippen LogP contribution in [-0.2, 0) is 16.6 Å². The Hall–Kier alpha value is -6.05. The van der Waals surface area contributed by atoms with Gasteiger partial charge >= 0.3 is 6.03 Å². The van der Waals surface area contributed by atoms with Gasteiger partial charge in [-0.1, -0.05) is 72.8 Å². The monoisotopic (exact) mass is 732 g/mol. The van der Waals surface area contributed by atoms with E-state index in [-0.39, 0.29) is 11.3 Å². The van der Waals surface area contributed by atoms with Crippen LogP contribution < -0.4 is 19.4 Å². The predicted molar refractivity (Wildman–Crippen MR) is 207 cm³/mol. The molecule has 1 fully saturated rings. The molecule has 3 amide bonds. The minimum Gasteiger partial charge on any atom is -0.369 e. The summed E-state index contributed by atoms with van der Waals surface area (Å²) in [5, 5.41) is 12.1. The van der Waals surface area contributed by atoms with Crippen molar-refractivity contribution in [3.63, 3.8) is 0 Å². The lowest BCUT2D eigenvalue weighted by Gasteiger charge is -2.36. The van der Waals surface area contributed by atoms with Crippen LogP contribution in [0.1, 0.15) is 21.5 Å². The number of amides is 3. The quantitative estimate of drug-likeness (QED) is 0.124. The van der Waals surface area contributed by atoms with Gasteiger partial charge in [0.25, 0.3) is 21.6 Å². The SMILES string of the molecule is Cc1ccccc1N(C)C(=O)N(C)c1ccc(S(=O)(=O)NC(=O)c2ccc(N3CCN(Cc4ccccc4-c4ccccc4)CC3)cc2)cc1[N+](=O)[O-]. The number of carbonyl (C=O) groups is 2. The molecule has 0 atom stereocenters. The molecule has 1 aliphatic heterocycles. The van der Waals surface area contributed by atoms with Gasteiger partial charge in [0.15, 0.2) is 0 Å². The maximum atomic E-state index is 13.3. The summed E-state index contributed by atoms with van der Waals surface area (Å²) in [6, 6.07) is 35.2. The van der Waals surface area contributed by atoms with Gasteiger partial charge in [0.2, 0.25) is 0 Å². The molecule has 13 heteroatoms. The van der Waals surface area contributed by atoms with Crippen LogP contribution in [-0.4, -0.2) is 70.5 Å². The van der Waals surface area contributed by atoms with E-state index < -0.39 is 37.5 Å². The summed E-state index contributed by atoms with van der Waals surface area (Å²) in [5.74, 6) is -0.877. The van der Waals surface area contributed by atoms with E-state index in [2.05, 4.69) is 46.2 Å². The average Bonchev–Trinajstić information content (AvgIpc) is 3.17. The van der Waals surface area contributed by atoms with E-state index >= 15 is 0 Å². The molecule has 1 aliphatic rings. The molecule has 1 N–H and O–H groups in total. The Morgan fingerprint density at radius 3 is 2.08 bits per heavy atom. The van der Waals surface area contributed by atoms with E-state index in [1.807, 2.05) is 42.0 Å². The molecule has 5 aromatic carbocycles. The number of rotatable bonds is 10. The lowest BCUT2D eigenvalue weighted by Crippen LogP contribution is -2.46. The number of benzene rings is 5. The Morgan fingerprint density at radius 2 is 1.40 bits per heavy atom. The second-order valence-corrected chi connectivity index (χ2v) is 14.5.